The highest BCUT2D eigenvalue weighted by Gasteiger charge is 2.22. The van der Waals surface area contributed by atoms with Gasteiger partial charge in [0.25, 0.3) is 11.8 Å². The molecule has 7 nitrogen and oxygen atoms in total. The van der Waals surface area contributed by atoms with Gasteiger partial charge < -0.3 is 25.0 Å². The number of fused-ring (bicyclic) bond motifs is 1. The summed E-state index contributed by atoms with van der Waals surface area (Å²) in [5.74, 6) is 1.14. The highest BCUT2D eigenvalue weighted by atomic mass is 32.2. The molecule has 0 saturated heterocycles. The normalized spacial score (nSPS) is 16.0. The van der Waals surface area contributed by atoms with Gasteiger partial charge in [-0.25, -0.2) is 0 Å². The molecule has 29 heavy (non-hydrogen) atoms. The number of hydrogen-bond donors (Lipinski definition) is 3. The molecule has 154 valence electrons. The molecule has 0 bridgehead atoms. The number of para-hydroxylation sites is 3. The molecule has 0 fully saturated rings. The third-order valence-corrected chi connectivity index (χ3v) is 5.20. The maximum absolute atomic E-state index is 12.3. The number of anilines is 1. The Hall–Kier alpha value is -2.71. The zero-order chi connectivity index (χ0) is 20.6. The van der Waals surface area contributed by atoms with Crippen LogP contribution in [0.2, 0.25) is 0 Å². The lowest BCUT2D eigenvalue weighted by Crippen LogP contribution is -3.11. The molecular formula is C21H26N3O4S+. The zero-order valence-electron chi connectivity index (χ0n) is 16.6. The summed E-state index contributed by atoms with van der Waals surface area (Å²) in [6.07, 6.45) is 1.73. The molecule has 0 spiro atoms. The van der Waals surface area contributed by atoms with Crippen molar-refractivity contribution < 1.29 is 24.0 Å². The summed E-state index contributed by atoms with van der Waals surface area (Å²) in [5, 5.41) is 5.77. The summed E-state index contributed by atoms with van der Waals surface area (Å²) in [5.41, 5.74) is 0.789. The van der Waals surface area contributed by atoms with Gasteiger partial charge in [-0.3, -0.25) is 9.59 Å². The van der Waals surface area contributed by atoms with Gasteiger partial charge >= 0.3 is 0 Å². The van der Waals surface area contributed by atoms with Crippen molar-refractivity contribution in [3.8, 4) is 11.5 Å². The highest BCUT2D eigenvalue weighted by Crippen LogP contribution is 2.30. The number of benzene rings is 2. The third kappa shape index (κ3) is 6.13. The molecule has 3 rings (SSSR count). The maximum Gasteiger partial charge on any atom is 0.279 e. The molecule has 2 atom stereocenters. The van der Waals surface area contributed by atoms with E-state index in [2.05, 4.69) is 10.6 Å². The van der Waals surface area contributed by atoms with Crippen LogP contribution in [0.3, 0.4) is 0 Å². The second-order valence-corrected chi connectivity index (χ2v) is 7.71. The SMILES string of the molecule is CSc1ccccc1NC(=O)C[NH+](C)CC(=O)NC[C@H]1COc2ccccc2O1. The smallest absolute Gasteiger partial charge is 0.279 e. The molecule has 0 aliphatic carbocycles. The van der Waals surface area contributed by atoms with Gasteiger partial charge in [-0.2, -0.15) is 0 Å². The van der Waals surface area contributed by atoms with Crippen LogP contribution in [0.5, 0.6) is 11.5 Å². The highest BCUT2D eigenvalue weighted by molar-refractivity contribution is 7.98. The number of nitrogens with one attached hydrogen (secondary N) is 3. The number of ether oxygens (including phenoxy) is 2. The van der Waals surface area contributed by atoms with Gasteiger partial charge in [0, 0.05) is 4.90 Å². The van der Waals surface area contributed by atoms with Gasteiger partial charge in [-0.15, -0.1) is 11.8 Å². The Kier molecular flexibility index (Phi) is 7.37. The molecule has 2 amide bonds. The van der Waals surface area contributed by atoms with Gasteiger partial charge in [0.15, 0.2) is 24.6 Å². The second kappa shape index (κ2) is 10.2. The van der Waals surface area contributed by atoms with Gasteiger partial charge in [0.05, 0.1) is 19.3 Å². The van der Waals surface area contributed by atoms with Crippen molar-refractivity contribution in [1.29, 1.82) is 0 Å². The van der Waals surface area contributed by atoms with E-state index in [4.69, 9.17) is 9.47 Å². The fourth-order valence-corrected chi connectivity index (χ4v) is 3.56. The first-order valence-corrected chi connectivity index (χ1v) is 10.7. The van der Waals surface area contributed by atoms with Crippen molar-refractivity contribution in [2.75, 3.05) is 44.9 Å². The molecule has 0 radical (unpaired) electrons. The first-order chi connectivity index (χ1) is 14.0. The lowest BCUT2D eigenvalue weighted by atomic mass is 10.2. The van der Waals surface area contributed by atoms with Gasteiger partial charge in [-0.1, -0.05) is 24.3 Å². The summed E-state index contributed by atoms with van der Waals surface area (Å²) in [7, 11) is 1.82. The van der Waals surface area contributed by atoms with Crippen LogP contribution in [0.4, 0.5) is 5.69 Å². The van der Waals surface area contributed by atoms with Crippen LogP contribution in [-0.4, -0.2) is 57.5 Å². The molecule has 2 aromatic carbocycles. The average molecular weight is 417 g/mol. The minimum Gasteiger partial charge on any atom is -0.486 e. The number of amides is 2. The van der Waals surface area contributed by atoms with E-state index in [0.29, 0.717) is 24.7 Å². The number of rotatable bonds is 8. The number of carbonyl (C=O) groups is 2. The molecule has 1 unspecified atom stereocenters. The lowest BCUT2D eigenvalue weighted by molar-refractivity contribution is -0.862. The van der Waals surface area contributed by atoms with Crippen LogP contribution in [0.25, 0.3) is 0 Å². The minimum atomic E-state index is -0.236. The van der Waals surface area contributed by atoms with E-state index in [9.17, 15) is 9.59 Å². The first-order valence-electron chi connectivity index (χ1n) is 9.44. The fraction of sp³-hybridized carbons (Fsp3) is 0.333. The number of thioether (sulfide) groups is 1. The molecule has 1 aliphatic rings. The Balaban J connectivity index is 1.39. The summed E-state index contributed by atoms with van der Waals surface area (Å²) in [6, 6.07) is 15.1. The summed E-state index contributed by atoms with van der Waals surface area (Å²) in [6.45, 7) is 1.14. The van der Waals surface area contributed by atoms with E-state index in [-0.39, 0.29) is 31.0 Å². The largest absolute Gasteiger partial charge is 0.486 e. The van der Waals surface area contributed by atoms with E-state index in [1.807, 2.05) is 61.8 Å². The van der Waals surface area contributed by atoms with Crippen molar-refractivity contribution in [2.24, 2.45) is 0 Å². The molecular weight excluding hydrogens is 390 g/mol. The van der Waals surface area contributed by atoms with Gasteiger partial charge in [0.1, 0.15) is 12.7 Å². The van der Waals surface area contributed by atoms with Crippen LogP contribution in [-0.2, 0) is 9.59 Å². The Morgan fingerprint density at radius 1 is 1.07 bits per heavy atom. The maximum atomic E-state index is 12.3. The number of carbonyl (C=O) groups excluding carboxylic acids is 2. The topological polar surface area (TPSA) is 81.1 Å². The molecule has 1 aliphatic heterocycles. The molecule has 8 heteroatoms. The van der Waals surface area contributed by atoms with Crippen molar-refractivity contribution in [2.45, 2.75) is 11.0 Å². The molecule has 2 aromatic rings. The number of hydrogen-bond acceptors (Lipinski definition) is 5. The Labute approximate surface area is 174 Å². The standard InChI is InChI=1S/C21H25N3O4S/c1-24(13-21(26)23-16-7-3-6-10-19(16)29-2)12-20(25)22-11-15-14-27-17-8-4-5-9-18(17)28-15/h3-10,15H,11-14H2,1-2H3,(H,22,25)(H,23,26)/p+1/t15-/m0/s1. The van der Waals surface area contributed by atoms with Crippen molar-refractivity contribution in [1.82, 2.24) is 5.32 Å². The van der Waals surface area contributed by atoms with E-state index < -0.39 is 0 Å². The lowest BCUT2D eigenvalue weighted by Gasteiger charge is -2.26. The third-order valence-electron chi connectivity index (χ3n) is 4.40. The zero-order valence-corrected chi connectivity index (χ0v) is 17.4. The fourth-order valence-electron chi connectivity index (χ4n) is 3.01. The van der Waals surface area contributed by atoms with Crippen LogP contribution in [0.1, 0.15) is 0 Å². The van der Waals surface area contributed by atoms with Crippen molar-refractivity contribution in [3.63, 3.8) is 0 Å². The molecule has 0 aromatic heterocycles. The predicted octanol–water partition coefficient (Wildman–Crippen LogP) is 0.818. The Morgan fingerprint density at radius 3 is 2.55 bits per heavy atom. The molecule has 3 N–H and O–H groups in total. The van der Waals surface area contributed by atoms with Crippen LogP contribution in [0.15, 0.2) is 53.4 Å². The summed E-state index contributed by atoms with van der Waals surface area (Å²) in [4.78, 5) is 26.3. The van der Waals surface area contributed by atoms with Gasteiger partial charge in [0.2, 0.25) is 0 Å². The Bertz CT molecular complexity index is 861. The number of quaternary nitrogens is 1. The van der Waals surface area contributed by atoms with Crippen LogP contribution >= 0.6 is 11.8 Å². The monoisotopic (exact) mass is 416 g/mol. The van der Waals surface area contributed by atoms with Crippen LogP contribution < -0.4 is 25.0 Å². The Morgan fingerprint density at radius 2 is 1.76 bits per heavy atom. The van der Waals surface area contributed by atoms with E-state index in [1.165, 1.54) is 0 Å². The minimum absolute atomic E-state index is 0.127. The van der Waals surface area contributed by atoms with Crippen molar-refractivity contribution in [3.05, 3.63) is 48.5 Å². The second-order valence-electron chi connectivity index (χ2n) is 6.86. The molecule has 1 heterocycles. The summed E-state index contributed by atoms with van der Waals surface area (Å²) >= 11 is 1.58. The molecule has 0 saturated carbocycles. The van der Waals surface area contributed by atoms with E-state index >= 15 is 0 Å². The van der Waals surface area contributed by atoms with Crippen LogP contribution in [0, 0.1) is 0 Å². The predicted molar refractivity (Wildman–Crippen MR) is 113 cm³/mol. The van der Waals surface area contributed by atoms with Crippen molar-refractivity contribution >= 4 is 29.3 Å². The van der Waals surface area contributed by atoms with E-state index in [0.717, 1.165) is 15.5 Å². The summed E-state index contributed by atoms with van der Waals surface area (Å²) < 4.78 is 11.5. The average Bonchev–Trinajstić information content (AvgIpc) is 2.72. The van der Waals surface area contributed by atoms with E-state index in [1.54, 1.807) is 11.8 Å². The quantitative estimate of drug-likeness (QED) is 0.555. The number of likely N-dealkylation sites (N-methyl/N-ethyl adjacent to an activating group) is 1. The first kappa shape index (κ1) is 21.0. The van der Waals surface area contributed by atoms with Gasteiger partial charge in [-0.05, 0) is 30.5 Å².